The fourth-order valence-corrected chi connectivity index (χ4v) is 2.86. The first-order valence-electron chi connectivity index (χ1n) is 9.92. The van der Waals surface area contributed by atoms with Crippen molar-refractivity contribution in [1.82, 2.24) is 10.2 Å². The van der Waals surface area contributed by atoms with Crippen molar-refractivity contribution in [2.24, 2.45) is 0 Å². The molecule has 1 N–H and O–H groups in total. The average molecular weight is 432 g/mol. The first-order chi connectivity index (χ1) is 15.0. The number of amides is 2. The minimum absolute atomic E-state index is 0.00310. The molecule has 31 heavy (non-hydrogen) atoms. The van der Waals surface area contributed by atoms with Crippen LogP contribution in [0.3, 0.4) is 0 Å². The third kappa shape index (κ3) is 6.53. The van der Waals surface area contributed by atoms with E-state index in [-0.39, 0.29) is 37.3 Å². The Hall–Kier alpha value is -3.42. The van der Waals surface area contributed by atoms with E-state index >= 15 is 0 Å². The van der Waals surface area contributed by atoms with Gasteiger partial charge in [0.2, 0.25) is 5.91 Å². The Labute approximate surface area is 182 Å². The quantitative estimate of drug-likeness (QED) is 0.708. The van der Waals surface area contributed by atoms with Gasteiger partial charge in [0, 0.05) is 23.7 Å². The number of nitrogens with zero attached hydrogens (tertiary/aromatic N) is 1. The monoisotopic (exact) mass is 432 g/mol. The summed E-state index contributed by atoms with van der Waals surface area (Å²) in [6, 6.07) is 9.97. The number of hydrogen-bond acceptors (Lipinski definition) is 5. The van der Waals surface area contributed by atoms with Crippen molar-refractivity contribution < 1.29 is 28.2 Å². The predicted molar refractivity (Wildman–Crippen MR) is 116 cm³/mol. The summed E-state index contributed by atoms with van der Waals surface area (Å²) in [5.41, 5.74) is 1.55. The highest BCUT2D eigenvalue weighted by Gasteiger charge is 2.31. The molecule has 2 amide bonds. The molecule has 0 saturated heterocycles. The molecule has 1 aliphatic heterocycles. The second-order valence-electron chi connectivity index (χ2n) is 6.07. The number of rotatable bonds is 6. The van der Waals surface area contributed by atoms with E-state index in [2.05, 4.69) is 5.32 Å². The molecule has 2 aromatic rings. The van der Waals surface area contributed by atoms with Crippen molar-refractivity contribution in [3.63, 3.8) is 0 Å². The number of hydrogen-bond donors (Lipinski definition) is 1. The molecule has 0 atom stereocenters. The number of carbonyl (C=O) groups excluding carboxylic acids is 3. The topological polar surface area (TPSA) is 84.9 Å². The largest absolute Gasteiger partial charge is 0.494 e. The zero-order chi connectivity index (χ0) is 23.4. The minimum Gasteiger partial charge on any atom is -0.494 e. The number of benzene rings is 2. The Morgan fingerprint density at radius 1 is 1.19 bits per heavy atom. The summed E-state index contributed by atoms with van der Waals surface area (Å²) in [7, 11) is 2.92. The van der Waals surface area contributed by atoms with Crippen LogP contribution in [0.15, 0.2) is 36.4 Å². The van der Waals surface area contributed by atoms with Crippen molar-refractivity contribution in [2.75, 3.05) is 20.7 Å². The third-order valence-electron chi connectivity index (χ3n) is 4.26. The van der Waals surface area contributed by atoms with Crippen molar-refractivity contribution >= 4 is 18.1 Å². The Kier molecular flexibility index (Phi) is 10.7. The van der Waals surface area contributed by atoms with Crippen LogP contribution in [0.25, 0.3) is 0 Å². The summed E-state index contributed by atoms with van der Waals surface area (Å²) in [4.78, 5) is 34.2. The molecule has 1 aliphatic rings. The molecular weight excluding hydrogens is 403 g/mol. The fraction of sp³-hybridized carbons (Fsp3) is 0.348. The van der Waals surface area contributed by atoms with Gasteiger partial charge in [0.1, 0.15) is 25.2 Å². The van der Waals surface area contributed by atoms with Gasteiger partial charge in [-0.1, -0.05) is 32.0 Å². The lowest BCUT2D eigenvalue weighted by molar-refractivity contribution is -0.121. The fourth-order valence-electron chi connectivity index (χ4n) is 2.86. The maximum absolute atomic E-state index is 14.2. The van der Waals surface area contributed by atoms with Crippen LogP contribution in [-0.4, -0.2) is 43.7 Å². The Morgan fingerprint density at radius 2 is 1.81 bits per heavy atom. The molecule has 0 spiro atoms. The summed E-state index contributed by atoms with van der Waals surface area (Å²) in [6.45, 7) is 5.70. The maximum atomic E-state index is 14.2. The van der Waals surface area contributed by atoms with Gasteiger partial charge in [-0.2, -0.15) is 0 Å². The Morgan fingerprint density at radius 3 is 2.42 bits per heavy atom. The van der Waals surface area contributed by atoms with Crippen LogP contribution < -0.4 is 14.8 Å². The molecule has 0 bridgehead atoms. The third-order valence-corrected chi connectivity index (χ3v) is 4.26. The predicted octanol–water partition coefficient (Wildman–Crippen LogP) is 3.35. The molecule has 0 unspecified atom stereocenters. The van der Waals surface area contributed by atoms with E-state index in [0.717, 1.165) is 6.29 Å². The van der Waals surface area contributed by atoms with Crippen molar-refractivity contribution in [2.45, 2.75) is 33.9 Å². The van der Waals surface area contributed by atoms with Crippen molar-refractivity contribution in [3.8, 4) is 11.5 Å². The van der Waals surface area contributed by atoms with Crippen molar-refractivity contribution in [3.05, 3.63) is 58.9 Å². The standard InChI is InChI=1S/C19H19FN2O4.C2H4O.C2H6/c1-21-17(23)10-22-9-14-13(19(22)24)6-4-7-15(14)26-11-12-5-3-8-16(25-2)18(12)20;1-2-3;1-2/h3-8H,9-11H2,1-2H3,(H,21,23);2H,1H3;1-2H3. The van der Waals surface area contributed by atoms with Gasteiger partial charge in [-0.05, 0) is 25.1 Å². The van der Waals surface area contributed by atoms with E-state index in [1.165, 1.54) is 32.0 Å². The number of likely N-dealkylation sites (N-methyl/N-ethyl adjacent to an activating group) is 1. The van der Waals surface area contributed by atoms with Gasteiger partial charge in [-0.3, -0.25) is 9.59 Å². The van der Waals surface area contributed by atoms with Crippen LogP contribution in [0.4, 0.5) is 4.39 Å². The average Bonchev–Trinajstić information content (AvgIpc) is 3.11. The maximum Gasteiger partial charge on any atom is 0.255 e. The van der Waals surface area contributed by atoms with E-state index < -0.39 is 5.82 Å². The highest BCUT2D eigenvalue weighted by Crippen LogP contribution is 2.31. The summed E-state index contributed by atoms with van der Waals surface area (Å²) in [5.74, 6) is -0.289. The molecule has 0 radical (unpaired) electrons. The van der Waals surface area contributed by atoms with Crippen LogP contribution in [-0.2, 0) is 22.7 Å². The molecule has 1 heterocycles. The lowest BCUT2D eigenvalue weighted by atomic mass is 10.1. The van der Waals surface area contributed by atoms with Crippen LogP contribution in [0.2, 0.25) is 0 Å². The number of ether oxygens (including phenoxy) is 2. The number of nitrogens with one attached hydrogen (secondary N) is 1. The number of fused-ring (bicyclic) bond motifs is 1. The molecule has 7 nitrogen and oxygen atoms in total. The molecule has 8 heteroatoms. The van der Waals surface area contributed by atoms with Gasteiger partial charge in [0.05, 0.1) is 13.7 Å². The van der Waals surface area contributed by atoms with Gasteiger partial charge >= 0.3 is 0 Å². The number of aldehydes is 1. The lowest BCUT2D eigenvalue weighted by Gasteiger charge is -2.14. The van der Waals surface area contributed by atoms with Gasteiger partial charge in [-0.25, -0.2) is 4.39 Å². The smallest absolute Gasteiger partial charge is 0.255 e. The number of carbonyl (C=O) groups is 3. The van der Waals surface area contributed by atoms with Gasteiger partial charge in [0.15, 0.2) is 11.6 Å². The zero-order valence-corrected chi connectivity index (χ0v) is 18.5. The number of methoxy groups -OCH3 is 1. The van der Waals surface area contributed by atoms with E-state index in [1.54, 1.807) is 30.3 Å². The SMILES string of the molecule is CC.CC=O.CNC(=O)CN1Cc2c(OCc3cccc(OC)c3F)cccc2C1=O. The molecule has 2 aromatic carbocycles. The normalized spacial score (nSPS) is 11.3. The summed E-state index contributed by atoms with van der Waals surface area (Å²) >= 11 is 0. The van der Waals surface area contributed by atoms with Gasteiger partial charge in [-0.15, -0.1) is 0 Å². The second-order valence-corrected chi connectivity index (χ2v) is 6.07. The molecule has 3 rings (SSSR count). The zero-order valence-electron chi connectivity index (χ0n) is 18.5. The highest BCUT2D eigenvalue weighted by atomic mass is 19.1. The minimum atomic E-state index is -0.472. The Balaban J connectivity index is 0.000000884. The van der Waals surface area contributed by atoms with Crippen LogP contribution in [0, 0.1) is 5.82 Å². The first-order valence-corrected chi connectivity index (χ1v) is 9.92. The number of halogens is 1. The molecular formula is C23H29FN2O5. The van der Waals surface area contributed by atoms with Crippen LogP contribution in [0.5, 0.6) is 11.5 Å². The Bertz CT molecular complexity index is 902. The summed E-state index contributed by atoms with van der Waals surface area (Å²) < 4.78 is 25.0. The van der Waals surface area contributed by atoms with Gasteiger partial charge in [0.25, 0.3) is 5.91 Å². The molecule has 0 saturated carbocycles. The highest BCUT2D eigenvalue weighted by molar-refractivity contribution is 6.00. The molecule has 0 aromatic heterocycles. The second kappa shape index (κ2) is 13.0. The van der Waals surface area contributed by atoms with Crippen LogP contribution >= 0.6 is 0 Å². The molecule has 0 aliphatic carbocycles. The van der Waals surface area contributed by atoms with E-state index in [0.29, 0.717) is 22.4 Å². The first kappa shape index (κ1) is 25.6. The van der Waals surface area contributed by atoms with Crippen LogP contribution in [0.1, 0.15) is 42.3 Å². The van der Waals surface area contributed by atoms with E-state index in [1.807, 2.05) is 13.8 Å². The summed E-state index contributed by atoms with van der Waals surface area (Å²) in [5, 5.41) is 2.50. The molecule has 168 valence electrons. The molecule has 0 fully saturated rings. The van der Waals surface area contributed by atoms with E-state index in [4.69, 9.17) is 14.3 Å². The van der Waals surface area contributed by atoms with Crippen molar-refractivity contribution in [1.29, 1.82) is 0 Å². The van der Waals surface area contributed by atoms with E-state index in [9.17, 15) is 14.0 Å². The lowest BCUT2D eigenvalue weighted by Crippen LogP contribution is -2.35. The van der Waals surface area contributed by atoms with Gasteiger partial charge < -0.3 is 24.5 Å². The summed E-state index contributed by atoms with van der Waals surface area (Å²) in [6.07, 6.45) is 0.750.